The summed E-state index contributed by atoms with van der Waals surface area (Å²) in [5.41, 5.74) is 1.71. The molecule has 1 aromatic rings. The summed E-state index contributed by atoms with van der Waals surface area (Å²) in [5, 5.41) is 9.46. The van der Waals surface area contributed by atoms with Crippen LogP contribution >= 0.6 is 15.9 Å². The van der Waals surface area contributed by atoms with Crippen molar-refractivity contribution in [3.8, 4) is 6.07 Å². The molecule has 0 spiro atoms. The van der Waals surface area contributed by atoms with Crippen molar-refractivity contribution in [2.45, 2.75) is 31.5 Å². The first-order chi connectivity index (χ1) is 10.1. The Balaban J connectivity index is 2.91. The molecule has 0 aliphatic rings. The van der Waals surface area contributed by atoms with E-state index in [9.17, 15) is 5.26 Å². The maximum Gasteiger partial charge on any atom is 0.117 e. The highest BCUT2D eigenvalue weighted by molar-refractivity contribution is 9.09. The number of rotatable bonds is 7. The molecule has 0 bridgehead atoms. The van der Waals surface area contributed by atoms with E-state index in [1.54, 1.807) is 0 Å². The zero-order chi connectivity index (χ0) is 15.7. The van der Waals surface area contributed by atoms with Crippen LogP contribution in [0.4, 0.5) is 5.69 Å². The van der Waals surface area contributed by atoms with E-state index in [-0.39, 0.29) is 5.92 Å². The molecule has 112 valence electrons. The minimum absolute atomic E-state index is 0.288. The standard InChI is InChI=1S/C18H23BrN2/c1-4-8-16(12-11-15(2)19)13-18(14-20)21(3)17-9-6-5-7-10-17/h4-10,13,15-16H,11-12H2,1-3H3/b8-4+,18-13-. The van der Waals surface area contributed by atoms with Gasteiger partial charge in [-0.1, -0.05) is 53.2 Å². The summed E-state index contributed by atoms with van der Waals surface area (Å²) in [6, 6.07) is 12.3. The molecule has 0 radical (unpaired) electrons. The van der Waals surface area contributed by atoms with Crippen LogP contribution in [0.1, 0.15) is 26.7 Å². The third-order valence-corrected chi connectivity index (χ3v) is 3.79. The lowest BCUT2D eigenvalue weighted by atomic mass is 10.00. The van der Waals surface area contributed by atoms with Crippen molar-refractivity contribution in [1.29, 1.82) is 5.26 Å². The van der Waals surface area contributed by atoms with Crippen molar-refractivity contribution in [3.05, 3.63) is 54.3 Å². The molecule has 0 saturated heterocycles. The van der Waals surface area contributed by atoms with Gasteiger partial charge in [0, 0.05) is 17.6 Å². The Morgan fingerprint density at radius 3 is 2.52 bits per heavy atom. The van der Waals surface area contributed by atoms with Gasteiger partial charge in [0.15, 0.2) is 0 Å². The van der Waals surface area contributed by atoms with Gasteiger partial charge in [0.1, 0.15) is 11.8 Å². The smallest absolute Gasteiger partial charge is 0.117 e. The zero-order valence-corrected chi connectivity index (χ0v) is 14.5. The van der Waals surface area contributed by atoms with E-state index >= 15 is 0 Å². The first kappa shape index (κ1) is 17.5. The number of allylic oxidation sites excluding steroid dienone is 4. The predicted molar refractivity (Wildman–Crippen MR) is 94.5 cm³/mol. The third kappa shape index (κ3) is 6.18. The molecule has 2 nitrogen and oxygen atoms in total. The minimum atomic E-state index is 0.288. The molecule has 21 heavy (non-hydrogen) atoms. The number of nitriles is 1. The Morgan fingerprint density at radius 2 is 2.00 bits per heavy atom. The van der Waals surface area contributed by atoms with Gasteiger partial charge in [0.05, 0.1) is 0 Å². The fourth-order valence-electron chi connectivity index (χ4n) is 2.12. The second-order valence-corrected chi connectivity index (χ2v) is 6.67. The average Bonchev–Trinajstić information content (AvgIpc) is 2.50. The maximum atomic E-state index is 9.46. The molecule has 0 saturated carbocycles. The van der Waals surface area contributed by atoms with Crippen LogP contribution in [-0.4, -0.2) is 11.9 Å². The Morgan fingerprint density at radius 1 is 1.33 bits per heavy atom. The maximum absolute atomic E-state index is 9.46. The number of benzene rings is 1. The second kappa shape index (κ2) is 9.41. The van der Waals surface area contributed by atoms with E-state index in [1.807, 2.05) is 49.2 Å². The van der Waals surface area contributed by atoms with E-state index in [2.05, 4.69) is 47.2 Å². The molecule has 0 heterocycles. The number of anilines is 1. The van der Waals surface area contributed by atoms with Crippen molar-refractivity contribution >= 4 is 21.6 Å². The predicted octanol–water partition coefficient (Wildman–Crippen LogP) is 5.29. The van der Waals surface area contributed by atoms with Gasteiger partial charge in [0.25, 0.3) is 0 Å². The molecule has 0 aliphatic carbocycles. The van der Waals surface area contributed by atoms with E-state index in [1.165, 1.54) is 0 Å². The second-order valence-electron chi connectivity index (χ2n) is 5.11. The minimum Gasteiger partial charge on any atom is -0.336 e. The first-order valence-corrected chi connectivity index (χ1v) is 8.17. The Kier molecular flexibility index (Phi) is 7.85. The van der Waals surface area contributed by atoms with Crippen LogP contribution in [0.2, 0.25) is 0 Å². The highest BCUT2D eigenvalue weighted by atomic mass is 79.9. The number of para-hydroxylation sites is 1. The van der Waals surface area contributed by atoms with E-state index < -0.39 is 0 Å². The number of alkyl halides is 1. The molecule has 1 rings (SSSR count). The van der Waals surface area contributed by atoms with Crippen molar-refractivity contribution in [2.24, 2.45) is 5.92 Å². The van der Waals surface area contributed by atoms with Crippen LogP contribution in [-0.2, 0) is 0 Å². The molecule has 2 unspecified atom stereocenters. The first-order valence-electron chi connectivity index (χ1n) is 7.26. The highest BCUT2D eigenvalue weighted by Gasteiger charge is 2.10. The summed E-state index contributed by atoms with van der Waals surface area (Å²) in [6.45, 7) is 4.17. The molecule has 0 aliphatic heterocycles. The summed E-state index contributed by atoms with van der Waals surface area (Å²) in [5.74, 6) is 0.288. The van der Waals surface area contributed by atoms with Crippen molar-refractivity contribution in [3.63, 3.8) is 0 Å². The molecule has 2 atom stereocenters. The fourth-order valence-corrected chi connectivity index (χ4v) is 2.39. The van der Waals surface area contributed by atoms with Crippen molar-refractivity contribution in [2.75, 3.05) is 11.9 Å². The van der Waals surface area contributed by atoms with Crippen LogP contribution in [0.5, 0.6) is 0 Å². The van der Waals surface area contributed by atoms with Gasteiger partial charge in [-0.25, -0.2) is 0 Å². The number of hydrogen-bond acceptors (Lipinski definition) is 2. The van der Waals surface area contributed by atoms with Crippen LogP contribution in [0.15, 0.2) is 54.3 Å². The van der Waals surface area contributed by atoms with E-state index in [0.29, 0.717) is 10.5 Å². The topological polar surface area (TPSA) is 27.0 Å². The summed E-state index contributed by atoms with van der Waals surface area (Å²) in [6.07, 6.45) is 8.38. The lowest BCUT2D eigenvalue weighted by Gasteiger charge is -2.19. The number of halogens is 1. The summed E-state index contributed by atoms with van der Waals surface area (Å²) in [7, 11) is 1.93. The SMILES string of the molecule is C/C=C/C(/C=C(/C#N)N(C)c1ccccc1)CCC(C)Br. The van der Waals surface area contributed by atoms with Crippen LogP contribution in [0, 0.1) is 17.2 Å². The molecule has 3 heteroatoms. The third-order valence-electron chi connectivity index (χ3n) is 3.33. The number of hydrogen-bond donors (Lipinski definition) is 0. The quantitative estimate of drug-likeness (QED) is 0.381. The normalized spacial score (nSPS) is 14.7. The molecule has 0 N–H and O–H groups in total. The van der Waals surface area contributed by atoms with Crippen LogP contribution in [0.25, 0.3) is 0 Å². The van der Waals surface area contributed by atoms with Gasteiger partial charge in [-0.05, 0) is 43.9 Å². The molecule has 1 aromatic carbocycles. The molecular formula is C18H23BrN2. The van der Waals surface area contributed by atoms with Gasteiger partial charge in [-0.15, -0.1) is 0 Å². The van der Waals surface area contributed by atoms with Crippen LogP contribution < -0.4 is 4.90 Å². The molecule has 0 fully saturated rings. The van der Waals surface area contributed by atoms with Crippen molar-refractivity contribution < 1.29 is 0 Å². The Bertz CT molecular complexity index is 512. The van der Waals surface area contributed by atoms with Gasteiger partial charge >= 0.3 is 0 Å². The van der Waals surface area contributed by atoms with E-state index in [4.69, 9.17) is 0 Å². The van der Waals surface area contributed by atoms with E-state index in [0.717, 1.165) is 18.5 Å². The van der Waals surface area contributed by atoms with Crippen LogP contribution in [0.3, 0.4) is 0 Å². The summed E-state index contributed by atoms with van der Waals surface area (Å²) >= 11 is 3.58. The van der Waals surface area contributed by atoms with Gasteiger partial charge in [0.2, 0.25) is 0 Å². The van der Waals surface area contributed by atoms with Gasteiger partial charge in [-0.2, -0.15) is 5.26 Å². The van der Waals surface area contributed by atoms with Gasteiger partial charge in [-0.3, -0.25) is 0 Å². The number of nitrogens with zero attached hydrogens (tertiary/aromatic N) is 2. The zero-order valence-electron chi connectivity index (χ0n) is 13.0. The summed E-state index contributed by atoms with van der Waals surface area (Å²) < 4.78 is 0. The lowest BCUT2D eigenvalue weighted by Crippen LogP contribution is -2.16. The lowest BCUT2D eigenvalue weighted by molar-refractivity contribution is 0.651. The largest absolute Gasteiger partial charge is 0.336 e. The summed E-state index contributed by atoms with van der Waals surface area (Å²) in [4.78, 5) is 2.43. The molecule has 0 aromatic heterocycles. The Hall–Kier alpha value is -1.53. The molecule has 0 amide bonds. The Labute approximate surface area is 136 Å². The average molecular weight is 347 g/mol. The molecular weight excluding hydrogens is 324 g/mol. The van der Waals surface area contributed by atoms with Gasteiger partial charge < -0.3 is 4.90 Å². The van der Waals surface area contributed by atoms with Crippen molar-refractivity contribution in [1.82, 2.24) is 0 Å². The highest BCUT2D eigenvalue weighted by Crippen LogP contribution is 2.21. The monoisotopic (exact) mass is 346 g/mol. The fraction of sp³-hybridized carbons (Fsp3) is 0.389.